The monoisotopic (exact) mass is 395 g/mol. The molecule has 0 saturated heterocycles. The number of thiazole rings is 1. The zero-order valence-electron chi connectivity index (χ0n) is 15.2. The third-order valence-electron chi connectivity index (χ3n) is 4.39. The highest BCUT2D eigenvalue weighted by molar-refractivity contribution is 7.15. The summed E-state index contributed by atoms with van der Waals surface area (Å²) in [4.78, 5) is 17.6. The molecule has 1 N–H and O–H groups in total. The summed E-state index contributed by atoms with van der Waals surface area (Å²) in [5, 5.41) is 4.85. The second-order valence-corrected chi connectivity index (χ2v) is 7.10. The van der Waals surface area contributed by atoms with Crippen molar-refractivity contribution in [2.45, 2.75) is 12.8 Å². The molecule has 2 aromatic heterocycles. The van der Waals surface area contributed by atoms with E-state index < -0.39 is 0 Å². The van der Waals surface area contributed by atoms with E-state index in [-0.39, 0.29) is 11.7 Å². The van der Waals surface area contributed by atoms with Crippen molar-refractivity contribution < 1.29 is 13.9 Å². The number of methoxy groups -OCH3 is 1. The maximum Gasteiger partial charge on any atom is 0.224 e. The largest absolute Gasteiger partial charge is 0.497 e. The van der Waals surface area contributed by atoms with Crippen molar-refractivity contribution in [2.75, 3.05) is 12.4 Å². The highest BCUT2D eigenvalue weighted by Crippen LogP contribution is 2.26. The van der Waals surface area contributed by atoms with Gasteiger partial charge in [0.1, 0.15) is 11.6 Å². The first-order valence-electron chi connectivity index (χ1n) is 8.78. The Kier molecular flexibility index (Phi) is 5.08. The minimum Gasteiger partial charge on any atom is -0.497 e. The van der Waals surface area contributed by atoms with Gasteiger partial charge in [-0.15, -0.1) is 11.3 Å². The molecule has 0 spiro atoms. The highest BCUT2D eigenvalue weighted by atomic mass is 32.1. The van der Waals surface area contributed by atoms with Crippen molar-refractivity contribution >= 4 is 27.9 Å². The molecule has 4 aromatic rings. The van der Waals surface area contributed by atoms with Gasteiger partial charge in [-0.05, 0) is 30.7 Å². The van der Waals surface area contributed by atoms with Crippen LogP contribution in [0.1, 0.15) is 12.1 Å². The summed E-state index contributed by atoms with van der Waals surface area (Å²) in [6, 6.07) is 13.8. The van der Waals surface area contributed by atoms with Crippen LogP contribution in [0.3, 0.4) is 0 Å². The van der Waals surface area contributed by atoms with Crippen LogP contribution >= 0.6 is 11.3 Å². The fourth-order valence-corrected chi connectivity index (χ4v) is 3.88. The Balaban J connectivity index is 1.46. The van der Waals surface area contributed by atoms with Gasteiger partial charge in [0, 0.05) is 41.0 Å². The van der Waals surface area contributed by atoms with Crippen LogP contribution < -0.4 is 10.1 Å². The van der Waals surface area contributed by atoms with Gasteiger partial charge in [-0.3, -0.25) is 9.20 Å². The molecule has 28 heavy (non-hydrogen) atoms. The van der Waals surface area contributed by atoms with E-state index in [2.05, 4.69) is 10.3 Å². The second kappa shape index (κ2) is 7.82. The number of nitrogens with zero attached hydrogens (tertiary/aromatic N) is 2. The SMILES string of the molecule is COc1cccc(NC(=O)CCc2csc3nc(-c4ccccc4F)cn23)c1. The molecule has 2 heterocycles. The van der Waals surface area contributed by atoms with Crippen molar-refractivity contribution in [1.82, 2.24) is 9.38 Å². The van der Waals surface area contributed by atoms with Gasteiger partial charge < -0.3 is 10.1 Å². The van der Waals surface area contributed by atoms with Crippen molar-refractivity contribution in [3.8, 4) is 17.0 Å². The minimum atomic E-state index is -0.299. The van der Waals surface area contributed by atoms with Crippen LogP contribution in [0, 0.1) is 5.82 Å². The topological polar surface area (TPSA) is 55.6 Å². The number of benzene rings is 2. The van der Waals surface area contributed by atoms with Crippen LogP contribution in [0.2, 0.25) is 0 Å². The zero-order chi connectivity index (χ0) is 19.5. The number of amides is 1. The summed E-state index contributed by atoms with van der Waals surface area (Å²) in [6.07, 6.45) is 2.71. The fourth-order valence-electron chi connectivity index (χ4n) is 2.97. The van der Waals surface area contributed by atoms with Gasteiger partial charge in [0.25, 0.3) is 0 Å². The summed E-state index contributed by atoms with van der Waals surface area (Å²) in [7, 11) is 1.59. The van der Waals surface area contributed by atoms with Crippen LogP contribution in [-0.4, -0.2) is 22.4 Å². The smallest absolute Gasteiger partial charge is 0.224 e. The summed E-state index contributed by atoms with van der Waals surface area (Å²) in [5.74, 6) is 0.311. The molecule has 142 valence electrons. The molecular weight excluding hydrogens is 377 g/mol. The first-order valence-corrected chi connectivity index (χ1v) is 9.66. The highest BCUT2D eigenvalue weighted by Gasteiger charge is 2.13. The summed E-state index contributed by atoms with van der Waals surface area (Å²) < 4.78 is 21.1. The third kappa shape index (κ3) is 3.75. The minimum absolute atomic E-state index is 0.0814. The molecule has 0 aliphatic rings. The maximum atomic E-state index is 14.0. The normalized spacial score (nSPS) is 10.9. The van der Waals surface area contributed by atoms with Crippen molar-refractivity contribution in [3.63, 3.8) is 0 Å². The lowest BCUT2D eigenvalue weighted by Gasteiger charge is -2.06. The Labute approximate surface area is 165 Å². The molecule has 0 unspecified atom stereocenters. The van der Waals surface area contributed by atoms with E-state index in [1.165, 1.54) is 17.4 Å². The number of rotatable bonds is 6. The number of carbonyl (C=O) groups excluding carboxylic acids is 1. The fraction of sp³-hybridized carbons (Fsp3) is 0.143. The average Bonchev–Trinajstić information content (AvgIpc) is 3.28. The number of fused-ring (bicyclic) bond motifs is 1. The molecule has 0 atom stereocenters. The summed E-state index contributed by atoms with van der Waals surface area (Å²) in [5.41, 5.74) is 2.73. The first kappa shape index (κ1) is 18.2. The van der Waals surface area contributed by atoms with Gasteiger partial charge in [0.15, 0.2) is 4.96 Å². The molecule has 5 nitrogen and oxygen atoms in total. The Morgan fingerprint density at radius 1 is 1.25 bits per heavy atom. The van der Waals surface area contributed by atoms with Crippen molar-refractivity contribution in [2.24, 2.45) is 0 Å². The third-order valence-corrected chi connectivity index (χ3v) is 5.28. The van der Waals surface area contributed by atoms with E-state index in [0.717, 1.165) is 10.7 Å². The lowest BCUT2D eigenvalue weighted by molar-refractivity contribution is -0.116. The van der Waals surface area contributed by atoms with Crippen molar-refractivity contribution in [1.29, 1.82) is 0 Å². The van der Waals surface area contributed by atoms with E-state index >= 15 is 0 Å². The number of ether oxygens (including phenoxy) is 1. The van der Waals surface area contributed by atoms with Crippen LogP contribution in [-0.2, 0) is 11.2 Å². The number of imidazole rings is 1. The van der Waals surface area contributed by atoms with E-state index in [1.54, 1.807) is 31.4 Å². The van der Waals surface area contributed by atoms with Gasteiger partial charge in [-0.25, -0.2) is 9.37 Å². The number of halogens is 1. The number of aryl methyl sites for hydroxylation is 1. The van der Waals surface area contributed by atoms with E-state index in [9.17, 15) is 9.18 Å². The van der Waals surface area contributed by atoms with Gasteiger partial charge in [-0.2, -0.15) is 0 Å². The Hall–Kier alpha value is -3.19. The summed E-state index contributed by atoms with van der Waals surface area (Å²) >= 11 is 1.48. The number of aromatic nitrogens is 2. The molecule has 0 bridgehead atoms. The molecule has 0 fully saturated rings. The Morgan fingerprint density at radius 3 is 2.93 bits per heavy atom. The molecule has 7 heteroatoms. The van der Waals surface area contributed by atoms with Crippen LogP contribution in [0.25, 0.3) is 16.2 Å². The molecule has 0 saturated carbocycles. The number of hydrogen-bond acceptors (Lipinski definition) is 4. The van der Waals surface area contributed by atoms with Gasteiger partial charge in [0.05, 0.1) is 12.8 Å². The number of nitrogens with one attached hydrogen (secondary N) is 1. The average molecular weight is 395 g/mol. The number of carbonyl (C=O) groups is 1. The van der Waals surface area contributed by atoms with Crippen LogP contribution in [0.4, 0.5) is 10.1 Å². The Morgan fingerprint density at radius 2 is 2.11 bits per heavy atom. The predicted molar refractivity (Wildman–Crippen MR) is 108 cm³/mol. The van der Waals surface area contributed by atoms with Crippen LogP contribution in [0.15, 0.2) is 60.1 Å². The van der Waals surface area contributed by atoms with Crippen LogP contribution in [0.5, 0.6) is 5.75 Å². The lowest BCUT2D eigenvalue weighted by atomic mass is 10.1. The van der Waals surface area contributed by atoms with Crippen molar-refractivity contribution in [3.05, 3.63) is 71.6 Å². The molecular formula is C21H18FN3O2S. The molecule has 0 aliphatic heterocycles. The van der Waals surface area contributed by atoms with Gasteiger partial charge >= 0.3 is 0 Å². The van der Waals surface area contributed by atoms with E-state index in [4.69, 9.17) is 4.74 Å². The first-order chi connectivity index (χ1) is 13.6. The Bertz CT molecular complexity index is 1140. The van der Waals surface area contributed by atoms with E-state index in [1.807, 2.05) is 34.2 Å². The second-order valence-electron chi connectivity index (χ2n) is 6.27. The predicted octanol–water partition coefficient (Wildman–Crippen LogP) is 4.78. The van der Waals surface area contributed by atoms with E-state index in [0.29, 0.717) is 35.5 Å². The van der Waals surface area contributed by atoms with Gasteiger partial charge in [-0.1, -0.05) is 18.2 Å². The molecule has 4 rings (SSSR count). The molecule has 2 aromatic carbocycles. The summed E-state index contributed by atoms with van der Waals surface area (Å²) in [6.45, 7) is 0. The van der Waals surface area contributed by atoms with Gasteiger partial charge in [0.2, 0.25) is 5.91 Å². The lowest BCUT2D eigenvalue weighted by Crippen LogP contribution is -2.12. The maximum absolute atomic E-state index is 14.0. The quantitative estimate of drug-likeness (QED) is 0.511. The number of anilines is 1. The zero-order valence-corrected chi connectivity index (χ0v) is 16.0. The standard InChI is InChI=1S/C21H18FN3O2S/c1-27-16-6-4-5-14(11-16)23-20(26)10-9-15-13-28-21-24-19(12-25(15)21)17-7-2-3-8-18(17)22/h2-8,11-13H,9-10H2,1H3,(H,23,26). The molecule has 1 amide bonds. The molecule has 0 aliphatic carbocycles. The number of hydrogen-bond donors (Lipinski definition) is 1. The molecule has 0 radical (unpaired) electrons.